The van der Waals surface area contributed by atoms with Gasteiger partial charge in [-0.2, -0.15) is 0 Å². The molecule has 0 fully saturated rings. The van der Waals surface area contributed by atoms with Crippen LogP contribution in [0.2, 0.25) is 0 Å². The fourth-order valence-corrected chi connectivity index (χ4v) is 2.30. The molecule has 0 unspecified atom stereocenters. The van der Waals surface area contributed by atoms with Crippen molar-refractivity contribution in [2.24, 2.45) is 10.7 Å². The molecule has 0 spiro atoms. The Balaban J connectivity index is 0.00000242. The molecule has 0 saturated carbocycles. The Morgan fingerprint density at radius 2 is 1.82 bits per heavy atom. The second kappa shape index (κ2) is 8.47. The molecule has 0 radical (unpaired) electrons. The molecular formula is C16H18BrFIN3. The number of aliphatic imine (C=N–C) groups is 1. The van der Waals surface area contributed by atoms with E-state index in [4.69, 9.17) is 5.73 Å². The molecule has 0 amide bonds. The fourth-order valence-electron chi connectivity index (χ4n) is 2.05. The number of nitrogens with zero attached hydrogens (tertiary/aromatic N) is 1. The third kappa shape index (κ3) is 5.57. The zero-order valence-corrected chi connectivity index (χ0v) is 16.3. The Morgan fingerprint density at radius 3 is 2.41 bits per heavy atom. The summed E-state index contributed by atoms with van der Waals surface area (Å²) < 4.78 is 13.8. The van der Waals surface area contributed by atoms with Gasteiger partial charge in [0.2, 0.25) is 0 Å². The van der Waals surface area contributed by atoms with Crippen molar-refractivity contribution in [3.05, 3.63) is 63.4 Å². The zero-order valence-electron chi connectivity index (χ0n) is 12.4. The molecule has 0 atom stereocenters. The highest BCUT2D eigenvalue weighted by atomic mass is 127. The van der Waals surface area contributed by atoms with Gasteiger partial charge in [-0.15, -0.1) is 24.0 Å². The van der Waals surface area contributed by atoms with Gasteiger partial charge in [-0.3, -0.25) is 0 Å². The SMILES string of the molecule is Cc1cc(C)cc(NC(N)=NCc2ccc(Br)c(F)c2)c1.I. The number of hydrogen-bond acceptors (Lipinski definition) is 1. The summed E-state index contributed by atoms with van der Waals surface area (Å²) in [7, 11) is 0. The zero-order chi connectivity index (χ0) is 15.4. The predicted molar refractivity (Wildman–Crippen MR) is 104 cm³/mol. The van der Waals surface area contributed by atoms with Crippen LogP contribution in [0.15, 0.2) is 45.9 Å². The van der Waals surface area contributed by atoms with E-state index < -0.39 is 0 Å². The average molecular weight is 478 g/mol. The molecule has 6 heteroatoms. The predicted octanol–water partition coefficient (Wildman–Crippen LogP) is 4.75. The Hall–Kier alpha value is -1.15. The summed E-state index contributed by atoms with van der Waals surface area (Å²) >= 11 is 3.12. The van der Waals surface area contributed by atoms with Crippen LogP contribution >= 0.6 is 39.9 Å². The third-order valence-electron chi connectivity index (χ3n) is 2.91. The summed E-state index contributed by atoms with van der Waals surface area (Å²) in [6, 6.07) is 11.0. The molecule has 118 valence electrons. The van der Waals surface area contributed by atoms with E-state index >= 15 is 0 Å². The van der Waals surface area contributed by atoms with E-state index in [1.807, 2.05) is 26.0 Å². The third-order valence-corrected chi connectivity index (χ3v) is 3.55. The van der Waals surface area contributed by atoms with E-state index in [9.17, 15) is 4.39 Å². The monoisotopic (exact) mass is 477 g/mol. The van der Waals surface area contributed by atoms with Gasteiger partial charge in [0.25, 0.3) is 0 Å². The number of benzene rings is 2. The molecule has 2 aromatic rings. The summed E-state index contributed by atoms with van der Waals surface area (Å²) in [4.78, 5) is 4.22. The van der Waals surface area contributed by atoms with E-state index in [0.29, 0.717) is 17.0 Å². The van der Waals surface area contributed by atoms with Crippen molar-refractivity contribution in [1.82, 2.24) is 0 Å². The molecule has 0 bridgehead atoms. The van der Waals surface area contributed by atoms with E-state index in [2.05, 4.69) is 32.3 Å². The van der Waals surface area contributed by atoms with Gasteiger partial charge < -0.3 is 11.1 Å². The maximum absolute atomic E-state index is 13.4. The summed E-state index contributed by atoms with van der Waals surface area (Å²) in [6.45, 7) is 4.38. The van der Waals surface area contributed by atoms with Gasteiger partial charge in [-0.25, -0.2) is 9.38 Å². The highest BCUT2D eigenvalue weighted by Crippen LogP contribution is 2.17. The van der Waals surface area contributed by atoms with Crippen LogP contribution in [0, 0.1) is 19.7 Å². The molecule has 2 rings (SSSR count). The number of guanidine groups is 1. The Bertz CT molecular complexity index is 669. The summed E-state index contributed by atoms with van der Waals surface area (Å²) in [5.74, 6) is 0.00636. The molecule has 0 saturated heterocycles. The first-order valence-electron chi connectivity index (χ1n) is 6.53. The quantitative estimate of drug-likeness (QED) is 0.380. The number of nitrogens with one attached hydrogen (secondary N) is 1. The van der Waals surface area contributed by atoms with Gasteiger partial charge in [0, 0.05) is 5.69 Å². The first-order chi connectivity index (χ1) is 9.94. The average Bonchev–Trinajstić information content (AvgIpc) is 2.39. The van der Waals surface area contributed by atoms with Crippen LogP contribution in [0.1, 0.15) is 16.7 Å². The van der Waals surface area contributed by atoms with Crippen molar-refractivity contribution in [2.75, 3.05) is 5.32 Å². The van der Waals surface area contributed by atoms with E-state index in [-0.39, 0.29) is 29.8 Å². The lowest BCUT2D eigenvalue weighted by molar-refractivity contribution is 0.619. The Labute approximate surface area is 155 Å². The van der Waals surface area contributed by atoms with Gasteiger partial charge in [-0.05, 0) is 70.7 Å². The number of aryl methyl sites for hydroxylation is 2. The topological polar surface area (TPSA) is 50.4 Å². The van der Waals surface area contributed by atoms with Crippen LogP contribution in [0.4, 0.5) is 10.1 Å². The smallest absolute Gasteiger partial charge is 0.193 e. The van der Waals surface area contributed by atoms with E-state index in [1.165, 1.54) is 6.07 Å². The van der Waals surface area contributed by atoms with Crippen molar-refractivity contribution in [3.63, 3.8) is 0 Å². The van der Waals surface area contributed by atoms with E-state index in [0.717, 1.165) is 22.4 Å². The lowest BCUT2D eigenvalue weighted by Gasteiger charge is -2.08. The summed E-state index contributed by atoms with van der Waals surface area (Å²) in [5, 5.41) is 3.04. The largest absolute Gasteiger partial charge is 0.370 e. The lowest BCUT2D eigenvalue weighted by atomic mass is 10.1. The summed E-state index contributed by atoms with van der Waals surface area (Å²) in [6.07, 6.45) is 0. The number of anilines is 1. The number of halogens is 3. The molecule has 22 heavy (non-hydrogen) atoms. The molecular weight excluding hydrogens is 460 g/mol. The number of hydrogen-bond donors (Lipinski definition) is 2. The van der Waals surface area contributed by atoms with Gasteiger partial charge in [0.05, 0.1) is 11.0 Å². The van der Waals surface area contributed by atoms with Crippen molar-refractivity contribution in [2.45, 2.75) is 20.4 Å². The van der Waals surface area contributed by atoms with Gasteiger partial charge >= 0.3 is 0 Å². The maximum atomic E-state index is 13.4. The van der Waals surface area contributed by atoms with Crippen LogP contribution in [0.25, 0.3) is 0 Å². The lowest BCUT2D eigenvalue weighted by Crippen LogP contribution is -2.22. The number of rotatable bonds is 3. The minimum absolute atomic E-state index is 0. The van der Waals surface area contributed by atoms with Crippen molar-refractivity contribution < 1.29 is 4.39 Å². The molecule has 3 nitrogen and oxygen atoms in total. The van der Waals surface area contributed by atoms with Crippen LogP contribution in [0.3, 0.4) is 0 Å². The highest BCUT2D eigenvalue weighted by molar-refractivity contribution is 14.0. The van der Waals surface area contributed by atoms with Crippen molar-refractivity contribution in [3.8, 4) is 0 Å². The first-order valence-corrected chi connectivity index (χ1v) is 7.32. The standard InChI is InChI=1S/C16H17BrFN3.HI/c1-10-5-11(2)7-13(6-10)21-16(19)20-9-12-3-4-14(17)15(18)8-12;/h3-8H,9H2,1-2H3,(H3,19,20,21);1H. The molecule has 0 aliphatic carbocycles. The van der Waals surface area contributed by atoms with Crippen LogP contribution in [-0.2, 0) is 6.54 Å². The Kier molecular flexibility index (Phi) is 7.28. The number of nitrogens with two attached hydrogens (primary N) is 1. The Morgan fingerprint density at radius 1 is 1.18 bits per heavy atom. The molecule has 0 aliphatic rings. The fraction of sp³-hybridized carbons (Fsp3) is 0.188. The van der Waals surface area contributed by atoms with E-state index in [1.54, 1.807) is 12.1 Å². The molecule has 0 heterocycles. The van der Waals surface area contributed by atoms with Crippen molar-refractivity contribution >= 4 is 51.6 Å². The van der Waals surface area contributed by atoms with Gasteiger partial charge in [0.1, 0.15) is 5.82 Å². The van der Waals surface area contributed by atoms with Gasteiger partial charge in [-0.1, -0.05) is 12.1 Å². The second-order valence-electron chi connectivity index (χ2n) is 4.95. The van der Waals surface area contributed by atoms with Crippen LogP contribution < -0.4 is 11.1 Å². The van der Waals surface area contributed by atoms with Gasteiger partial charge in [0.15, 0.2) is 5.96 Å². The molecule has 0 aliphatic heterocycles. The first kappa shape index (κ1) is 18.9. The minimum atomic E-state index is -0.302. The molecule has 2 aromatic carbocycles. The van der Waals surface area contributed by atoms with Crippen LogP contribution in [0.5, 0.6) is 0 Å². The van der Waals surface area contributed by atoms with Crippen LogP contribution in [-0.4, -0.2) is 5.96 Å². The normalized spacial score (nSPS) is 11.0. The highest BCUT2D eigenvalue weighted by Gasteiger charge is 2.01. The molecule has 0 aromatic heterocycles. The van der Waals surface area contributed by atoms with Crippen molar-refractivity contribution in [1.29, 1.82) is 0 Å². The molecule has 3 N–H and O–H groups in total. The second-order valence-corrected chi connectivity index (χ2v) is 5.81. The summed E-state index contributed by atoms with van der Waals surface area (Å²) in [5.41, 5.74) is 9.83. The maximum Gasteiger partial charge on any atom is 0.193 e. The minimum Gasteiger partial charge on any atom is -0.370 e.